The minimum atomic E-state index is 0.428. The first-order valence-electron chi connectivity index (χ1n) is 9.08. The molecule has 0 saturated heterocycles. The Labute approximate surface area is 132 Å². The first-order valence-corrected chi connectivity index (χ1v) is 9.08. The largest absolute Gasteiger partial charge is 0.380 e. The van der Waals surface area contributed by atoms with Gasteiger partial charge in [-0.15, -0.1) is 0 Å². The SMILES string of the molecule is CCCNC1C(CN(CC)CCOCC)CCCC1(C)C. The molecule has 0 spiro atoms. The maximum Gasteiger partial charge on any atom is 0.0593 e. The van der Waals surface area contributed by atoms with Gasteiger partial charge in [0.15, 0.2) is 0 Å². The fraction of sp³-hybridized carbons (Fsp3) is 1.00. The number of nitrogens with zero attached hydrogens (tertiary/aromatic N) is 1. The highest BCUT2D eigenvalue weighted by Gasteiger charge is 2.38. The summed E-state index contributed by atoms with van der Waals surface area (Å²) in [7, 11) is 0. The molecule has 1 rings (SSSR count). The summed E-state index contributed by atoms with van der Waals surface area (Å²) in [5.41, 5.74) is 0.428. The van der Waals surface area contributed by atoms with Gasteiger partial charge < -0.3 is 15.0 Å². The van der Waals surface area contributed by atoms with E-state index in [4.69, 9.17) is 4.74 Å². The summed E-state index contributed by atoms with van der Waals surface area (Å²) in [6, 6.07) is 0.660. The molecule has 1 saturated carbocycles. The van der Waals surface area contributed by atoms with E-state index in [1.165, 1.54) is 32.2 Å². The molecule has 0 bridgehead atoms. The molecule has 0 aliphatic heterocycles. The van der Waals surface area contributed by atoms with Crippen molar-refractivity contribution in [1.29, 1.82) is 0 Å². The van der Waals surface area contributed by atoms with Crippen LogP contribution in [0.1, 0.15) is 60.3 Å². The van der Waals surface area contributed by atoms with E-state index in [-0.39, 0.29) is 0 Å². The second-order valence-electron chi connectivity index (χ2n) is 7.16. The van der Waals surface area contributed by atoms with E-state index < -0.39 is 0 Å². The van der Waals surface area contributed by atoms with Gasteiger partial charge in [0.25, 0.3) is 0 Å². The van der Waals surface area contributed by atoms with Gasteiger partial charge in [-0.1, -0.05) is 34.1 Å². The smallest absolute Gasteiger partial charge is 0.0593 e. The van der Waals surface area contributed by atoms with Gasteiger partial charge in [-0.25, -0.2) is 0 Å². The van der Waals surface area contributed by atoms with Crippen molar-refractivity contribution in [2.24, 2.45) is 11.3 Å². The van der Waals surface area contributed by atoms with Crippen LogP contribution in [0.3, 0.4) is 0 Å². The van der Waals surface area contributed by atoms with Crippen molar-refractivity contribution in [1.82, 2.24) is 10.2 Å². The fourth-order valence-electron chi connectivity index (χ4n) is 3.77. The number of likely N-dealkylation sites (N-methyl/N-ethyl adjacent to an activating group) is 1. The van der Waals surface area contributed by atoms with Crippen LogP contribution in [0.2, 0.25) is 0 Å². The van der Waals surface area contributed by atoms with E-state index in [9.17, 15) is 0 Å². The highest BCUT2D eigenvalue weighted by Crippen LogP contribution is 2.39. The van der Waals surface area contributed by atoms with Gasteiger partial charge in [0, 0.05) is 25.7 Å². The predicted octanol–water partition coefficient (Wildman–Crippen LogP) is 3.54. The summed E-state index contributed by atoms with van der Waals surface area (Å²) in [5, 5.41) is 3.85. The summed E-state index contributed by atoms with van der Waals surface area (Å²) < 4.78 is 5.53. The number of hydrogen-bond acceptors (Lipinski definition) is 3. The zero-order valence-corrected chi connectivity index (χ0v) is 15.1. The molecule has 0 heterocycles. The van der Waals surface area contributed by atoms with Crippen molar-refractivity contribution in [3.8, 4) is 0 Å². The summed E-state index contributed by atoms with van der Waals surface area (Å²) in [5.74, 6) is 0.780. The van der Waals surface area contributed by atoms with Crippen LogP contribution in [0, 0.1) is 11.3 Å². The standard InChI is InChI=1S/C18H38N2O/c1-6-12-19-17-16(10-9-11-18(17,4)5)15-20(7-2)13-14-21-8-3/h16-17,19H,6-15H2,1-5H3. The molecule has 126 valence electrons. The minimum absolute atomic E-state index is 0.428. The lowest BCUT2D eigenvalue weighted by atomic mass is 9.67. The minimum Gasteiger partial charge on any atom is -0.380 e. The molecule has 2 atom stereocenters. The van der Waals surface area contributed by atoms with Crippen LogP contribution in [0.25, 0.3) is 0 Å². The molecular weight excluding hydrogens is 260 g/mol. The van der Waals surface area contributed by atoms with Crippen molar-refractivity contribution >= 4 is 0 Å². The first-order chi connectivity index (χ1) is 10.0. The molecule has 0 aromatic rings. The van der Waals surface area contributed by atoms with E-state index in [1.807, 2.05) is 0 Å². The number of rotatable bonds is 10. The van der Waals surface area contributed by atoms with Gasteiger partial charge in [-0.05, 0) is 50.6 Å². The third-order valence-corrected chi connectivity index (χ3v) is 5.02. The van der Waals surface area contributed by atoms with E-state index in [2.05, 4.69) is 44.8 Å². The molecule has 0 aromatic carbocycles. The van der Waals surface area contributed by atoms with Crippen LogP contribution in [0.5, 0.6) is 0 Å². The van der Waals surface area contributed by atoms with Gasteiger partial charge in [0.1, 0.15) is 0 Å². The molecule has 1 N–H and O–H groups in total. The lowest BCUT2D eigenvalue weighted by Crippen LogP contribution is -2.53. The summed E-state index contributed by atoms with van der Waals surface area (Å²) >= 11 is 0. The maximum atomic E-state index is 5.53. The Morgan fingerprint density at radius 3 is 2.62 bits per heavy atom. The topological polar surface area (TPSA) is 24.5 Å². The Balaban J connectivity index is 2.58. The van der Waals surface area contributed by atoms with Crippen molar-refractivity contribution in [3.63, 3.8) is 0 Å². The fourth-order valence-corrected chi connectivity index (χ4v) is 3.77. The van der Waals surface area contributed by atoms with Gasteiger partial charge in [0.05, 0.1) is 6.61 Å². The quantitative estimate of drug-likeness (QED) is 0.624. The van der Waals surface area contributed by atoms with Crippen LogP contribution in [-0.2, 0) is 4.74 Å². The second kappa shape index (κ2) is 9.81. The van der Waals surface area contributed by atoms with Crippen LogP contribution < -0.4 is 5.32 Å². The number of ether oxygens (including phenoxy) is 1. The van der Waals surface area contributed by atoms with E-state index in [0.29, 0.717) is 11.5 Å². The molecule has 2 unspecified atom stereocenters. The molecule has 1 aliphatic carbocycles. The van der Waals surface area contributed by atoms with Crippen molar-refractivity contribution < 1.29 is 4.74 Å². The van der Waals surface area contributed by atoms with Gasteiger partial charge in [-0.3, -0.25) is 0 Å². The Morgan fingerprint density at radius 2 is 2.00 bits per heavy atom. The highest BCUT2D eigenvalue weighted by molar-refractivity contribution is 4.94. The zero-order chi connectivity index (χ0) is 15.7. The van der Waals surface area contributed by atoms with Crippen molar-refractivity contribution in [2.45, 2.75) is 66.3 Å². The molecule has 3 heteroatoms. The monoisotopic (exact) mass is 298 g/mol. The molecule has 3 nitrogen and oxygen atoms in total. The average Bonchev–Trinajstić information content (AvgIpc) is 2.45. The number of hydrogen-bond donors (Lipinski definition) is 1. The third kappa shape index (κ3) is 6.25. The van der Waals surface area contributed by atoms with E-state index >= 15 is 0 Å². The van der Waals surface area contributed by atoms with Crippen molar-refractivity contribution in [2.75, 3.05) is 39.4 Å². The normalized spacial score (nSPS) is 25.4. The van der Waals surface area contributed by atoms with Crippen LogP contribution in [0.15, 0.2) is 0 Å². The highest BCUT2D eigenvalue weighted by atomic mass is 16.5. The van der Waals surface area contributed by atoms with Crippen molar-refractivity contribution in [3.05, 3.63) is 0 Å². The maximum absolute atomic E-state index is 5.53. The second-order valence-corrected chi connectivity index (χ2v) is 7.16. The Hall–Kier alpha value is -0.120. The molecule has 0 radical (unpaired) electrons. The zero-order valence-electron chi connectivity index (χ0n) is 15.1. The molecule has 1 aliphatic rings. The van der Waals surface area contributed by atoms with E-state index in [1.54, 1.807) is 0 Å². The van der Waals surface area contributed by atoms with Gasteiger partial charge >= 0.3 is 0 Å². The summed E-state index contributed by atoms with van der Waals surface area (Å²) in [6.45, 7) is 17.8. The molecule has 0 aromatic heterocycles. The Kier molecular flexibility index (Phi) is 8.84. The molecule has 0 amide bonds. The van der Waals surface area contributed by atoms with Gasteiger partial charge in [-0.2, -0.15) is 0 Å². The average molecular weight is 299 g/mol. The molecular formula is C18H38N2O. The van der Waals surface area contributed by atoms with Gasteiger partial charge in [0.2, 0.25) is 0 Å². The Morgan fingerprint density at radius 1 is 1.24 bits per heavy atom. The number of nitrogens with one attached hydrogen (secondary N) is 1. The van der Waals surface area contributed by atoms with E-state index in [0.717, 1.165) is 38.8 Å². The molecule has 1 fully saturated rings. The summed E-state index contributed by atoms with van der Waals surface area (Å²) in [6.07, 6.45) is 5.33. The summed E-state index contributed by atoms with van der Waals surface area (Å²) in [4.78, 5) is 2.57. The lowest BCUT2D eigenvalue weighted by Gasteiger charge is -2.46. The first kappa shape index (κ1) is 18.9. The molecule has 21 heavy (non-hydrogen) atoms. The third-order valence-electron chi connectivity index (χ3n) is 5.02. The lowest BCUT2D eigenvalue weighted by molar-refractivity contribution is 0.0638. The predicted molar refractivity (Wildman–Crippen MR) is 91.8 cm³/mol. The van der Waals surface area contributed by atoms with Crippen LogP contribution >= 0.6 is 0 Å². The van der Waals surface area contributed by atoms with Crippen LogP contribution in [0.4, 0.5) is 0 Å². The van der Waals surface area contributed by atoms with Crippen LogP contribution in [-0.4, -0.2) is 50.3 Å². The Bertz CT molecular complexity index is 268.